The number of piperidine rings is 1. The van der Waals surface area contributed by atoms with Crippen molar-refractivity contribution in [3.05, 3.63) is 29.8 Å². The molecule has 1 aromatic carbocycles. The number of nitrogens with one attached hydrogen (secondary N) is 1. The first kappa shape index (κ1) is 21.6. The zero-order chi connectivity index (χ0) is 20.8. The van der Waals surface area contributed by atoms with Gasteiger partial charge in [0, 0.05) is 32.7 Å². The minimum Gasteiger partial charge on any atom is -0.493 e. The van der Waals surface area contributed by atoms with Gasteiger partial charge in [0.05, 0.1) is 12.2 Å². The van der Waals surface area contributed by atoms with Gasteiger partial charge in [0.25, 0.3) is 5.91 Å². The lowest BCUT2D eigenvalue weighted by Gasteiger charge is -2.35. The van der Waals surface area contributed by atoms with Gasteiger partial charge in [-0.05, 0) is 50.2 Å². The van der Waals surface area contributed by atoms with Crippen LogP contribution in [0.1, 0.15) is 50.4 Å². The molecule has 6 heteroatoms. The molecule has 0 aliphatic carbocycles. The molecule has 1 aromatic rings. The predicted octanol–water partition coefficient (Wildman–Crippen LogP) is 2.78. The molecule has 0 bridgehead atoms. The van der Waals surface area contributed by atoms with Gasteiger partial charge in [0.1, 0.15) is 11.8 Å². The summed E-state index contributed by atoms with van der Waals surface area (Å²) in [6, 6.07) is 6.89. The van der Waals surface area contributed by atoms with Gasteiger partial charge in [-0.2, -0.15) is 0 Å². The standard InChI is InChI=1S/C23H35N3O3/c1-4-29-21-10-6-5-8-19(21)23(28)26-12-7-9-20(26)22(27)24-11-13-25-15-17(2)14-18(3)16-25/h5-6,8,10,17-18,20H,4,7,9,11-16H2,1-3H3,(H,24,27). The second-order valence-corrected chi connectivity index (χ2v) is 8.58. The van der Waals surface area contributed by atoms with E-state index in [1.807, 2.05) is 25.1 Å². The lowest BCUT2D eigenvalue weighted by molar-refractivity contribution is -0.124. The van der Waals surface area contributed by atoms with Crippen LogP contribution in [0.15, 0.2) is 24.3 Å². The Morgan fingerprint density at radius 2 is 1.90 bits per heavy atom. The van der Waals surface area contributed by atoms with E-state index in [0.29, 0.717) is 49.3 Å². The maximum atomic E-state index is 13.1. The van der Waals surface area contributed by atoms with E-state index >= 15 is 0 Å². The van der Waals surface area contributed by atoms with Gasteiger partial charge in [-0.1, -0.05) is 26.0 Å². The highest BCUT2D eigenvalue weighted by molar-refractivity contribution is 6.00. The first-order valence-corrected chi connectivity index (χ1v) is 11.0. The molecule has 3 atom stereocenters. The first-order valence-electron chi connectivity index (χ1n) is 11.0. The van der Waals surface area contributed by atoms with Crippen LogP contribution in [0.4, 0.5) is 0 Å². The van der Waals surface area contributed by atoms with Crippen LogP contribution in [0.3, 0.4) is 0 Å². The summed E-state index contributed by atoms with van der Waals surface area (Å²) in [5.74, 6) is 1.85. The minimum atomic E-state index is -0.392. The molecule has 0 spiro atoms. The Hall–Kier alpha value is -2.08. The Kier molecular flexibility index (Phi) is 7.53. The highest BCUT2D eigenvalue weighted by Gasteiger charge is 2.35. The number of hydrogen-bond acceptors (Lipinski definition) is 4. The lowest BCUT2D eigenvalue weighted by atomic mass is 9.92. The van der Waals surface area contributed by atoms with Gasteiger partial charge >= 0.3 is 0 Å². The number of para-hydroxylation sites is 1. The summed E-state index contributed by atoms with van der Waals surface area (Å²) >= 11 is 0. The fraction of sp³-hybridized carbons (Fsp3) is 0.652. The van der Waals surface area contributed by atoms with Gasteiger partial charge in [0.2, 0.25) is 5.91 Å². The monoisotopic (exact) mass is 401 g/mol. The molecular weight excluding hydrogens is 366 g/mol. The second kappa shape index (κ2) is 10.1. The molecule has 3 unspecified atom stereocenters. The van der Waals surface area contributed by atoms with E-state index in [-0.39, 0.29) is 11.8 Å². The average Bonchev–Trinajstić information content (AvgIpc) is 3.17. The topological polar surface area (TPSA) is 61.9 Å². The van der Waals surface area contributed by atoms with Crippen molar-refractivity contribution in [1.29, 1.82) is 0 Å². The quantitative estimate of drug-likeness (QED) is 0.763. The number of likely N-dealkylation sites (tertiary alicyclic amines) is 2. The summed E-state index contributed by atoms with van der Waals surface area (Å²) in [5.41, 5.74) is 0.533. The van der Waals surface area contributed by atoms with Crippen LogP contribution in [0.5, 0.6) is 5.75 Å². The zero-order valence-electron chi connectivity index (χ0n) is 18.0. The smallest absolute Gasteiger partial charge is 0.258 e. The number of hydrogen-bond donors (Lipinski definition) is 1. The Morgan fingerprint density at radius 1 is 1.17 bits per heavy atom. The Morgan fingerprint density at radius 3 is 2.62 bits per heavy atom. The average molecular weight is 402 g/mol. The van der Waals surface area contributed by atoms with Crippen molar-refractivity contribution in [2.45, 2.75) is 46.1 Å². The summed E-state index contributed by atoms with van der Waals surface area (Å²) in [4.78, 5) is 30.1. The fourth-order valence-electron chi connectivity index (χ4n) is 4.79. The maximum absolute atomic E-state index is 13.1. The van der Waals surface area contributed by atoms with Crippen molar-refractivity contribution in [3.8, 4) is 5.75 Å². The summed E-state index contributed by atoms with van der Waals surface area (Å²) < 4.78 is 5.61. The van der Waals surface area contributed by atoms with Gasteiger partial charge in [-0.3, -0.25) is 9.59 Å². The predicted molar refractivity (Wildman–Crippen MR) is 114 cm³/mol. The molecule has 0 radical (unpaired) electrons. The molecule has 2 heterocycles. The molecule has 29 heavy (non-hydrogen) atoms. The number of carbonyl (C=O) groups is 2. The van der Waals surface area contributed by atoms with Crippen LogP contribution in [-0.2, 0) is 4.79 Å². The first-order chi connectivity index (χ1) is 14.0. The third kappa shape index (κ3) is 5.50. The normalized spacial score (nSPS) is 25.1. The fourth-order valence-corrected chi connectivity index (χ4v) is 4.79. The maximum Gasteiger partial charge on any atom is 0.258 e. The highest BCUT2D eigenvalue weighted by atomic mass is 16.5. The van der Waals surface area contributed by atoms with Crippen LogP contribution >= 0.6 is 0 Å². The second-order valence-electron chi connectivity index (χ2n) is 8.58. The molecule has 160 valence electrons. The molecule has 2 fully saturated rings. The van der Waals surface area contributed by atoms with E-state index in [9.17, 15) is 9.59 Å². The molecule has 2 saturated heterocycles. The van der Waals surface area contributed by atoms with E-state index in [1.54, 1.807) is 11.0 Å². The Bertz CT molecular complexity index is 698. The summed E-state index contributed by atoms with van der Waals surface area (Å²) in [6.07, 6.45) is 2.85. The van der Waals surface area contributed by atoms with Crippen molar-refractivity contribution in [3.63, 3.8) is 0 Å². The summed E-state index contributed by atoms with van der Waals surface area (Å²) in [5, 5.41) is 3.07. The Labute approximate surface area is 174 Å². The molecule has 3 rings (SSSR count). The minimum absolute atomic E-state index is 0.0390. The zero-order valence-corrected chi connectivity index (χ0v) is 18.0. The summed E-state index contributed by atoms with van der Waals surface area (Å²) in [6.45, 7) is 11.3. The van der Waals surface area contributed by atoms with Crippen molar-refractivity contribution >= 4 is 11.8 Å². The largest absolute Gasteiger partial charge is 0.493 e. The van der Waals surface area contributed by atoms with Crippen LogP contribution in [0.25, 0.3) is 0 Å². The molecule has 6 nitrogen and oxygen atoms in total. The number of ether oxygens (including phenoxy) is 1. The van der Waals surface area contributed by atoms with Crippen molar-refractivity contribution in [1.82, 2.24) is 15.1 Å². The van der Waals surface area contributed by atoms with Crippen molar-refractivity contribution in [2.75, 3.05) is 39.3 Å². The number of rotatable bonds is 7. The van der Waals surface area contributed by atoms with E-state index < -0.39 is 6.04 Å². The SMILES string of the molecule is CCOc1ccccc1C(=O)N1CCCC1C(=O)NCCN1CC(C)CC(C)C1. The molecule has 2 aliphatic heterocycles. The molecular formula is C23H35N3O3. The van der Waals surface area contributed by atoms with E-state index in [0.717, 1.165) is 26.1 Å². The third-order valence-electron chi connectivity index (χ3n) is 5.91. The molecule has 0 saturated carbocycles. The van der Waals surface area contributed by atoms with Gasteiger partial charge in [-0.15, -0.1) is 0 Å². The molecule has 0 aromatic heterocycles. The number of amides is 2. The van der Waals surface area contributed by atoms with Gasteiger partial charge in [-0.25, -0.2) is 0 Å². The molecule has 1 N–H and O–H groups in total. The van der Waals surface area contributed by atoms with Crippen LogP contribution < -0.4 is 10.1 Å². The number of benzene rings is 1. The third-order valence-corrected chi connectivity index (χ3v) is 5.91. The van der Waals surface area contributed by atoms with Crippen LogP contribution in [0, 0.1) is 11.8 Å². The number of carbonyl (C=O) groups excluding carboxylic acids is 2. The van der Waals surface area contributed by atoms with Crippen molar-refractivity contribution in [2.24, 2.45) is 11.8 Å². The number of nitrogens with zero attached hydrogens (tertiary/aromatic N) is 2. The molecule has 2 aliphatic rings. The van der Waals surface area contributed by atoms with E-state index in [1.165, 1.54) is 6.42 Å². The van der Waals surface area contributed by atoms with Gasteiger partial charge in [0.15, 0.2) is 0 Å². The van der Waals surface area contributed by atoms with Gasteiger partial charge < -0.3 is 19.9 Å². The van der Waals surface area contributed by atoms with Crippen molar-refractivity contribution < 1.29 is 14.3 Å². The van der Waals surface area contributed by atoms with E-state index in [2.05, 4.69) is 24.1 Å². The van der Waals surface area contributed by atoms with Crippen LogP contribution in [0.2, 0.25) is 0 Å². The Balaban J connectivity index is 1.56. The summed E-state index contributed by atoms with van der Waals surface area (Å²) in [7, 11) is 0. The molecule has 2 amide bonds. The lowest BCUT2D eigenvalue weighted by Crippen LogP contribution is -2.48. The van der Waals surface area contributed by atoms with E-state index in [4.69, 9.17) is 4.74 Å². The van der Waals surface area contributed by atoms with Crippen LogP contribution in [-0.4, -0.2) is 67.0 Å². The highest BCUT2D eigenvalue weighted by Crippen LogP contribution is 2.25.